The van der Waals surface area contributed by atoms with Crippen molar-refractivity contribution in [3.8, 4) is 23.0 Å². The Bertz CT molecular complexity index is 2130. The summed E-state index contributed by atoms with van der Waals surface area (Å²) in [7, 11) is 0. The number of primary amides is 1. The molecule has 0 saturated heterocycles. The molecule has 266 valence electrons. The van der Waals surface area contributed by atoms with E-state index in [4.69, 9.17) is 5.73 Å². The number of nitrogens with zero attached hydrogens (tertiary/aromatic N) is 3. The number of amides is 2. The lowest BCUT2D eigenvalue weighted by Crippen LogP contribution is -2.35. The summed E-state index contributed by atoms with van der Waals surface area (Å²) in [5.74, 6) is -6.03. The molecular weight excluding hydrogens is 690 g/mol. The predicted octanol–water partition coefficient (Wildman–Crippen LogP) is 5.91. The van der Waals surface area contributed by atoms with E-state index in [1.54, 1.807) is 0 Å². The van der Waals surface area contributed by atoms with Crippen LogP contribution in [0.3, 0.4) is 0 Å². The van der Waals surface area contributed by atoms with Gasteiger partial charge in [-0.2, -0.15) is 27.1 Å². The number of hydrogen-bond acceptors (Lipinski definition) is 5. The maximum atomic E-state index is 15.2. The van der Waals surface area contributed by atoms with E-state index in [0.29, 0.717) is 10.7 Å². The topological polar surface area (TPSA) is 123 Å². The number of carbonyl (C=O) groups is 2. The Kier molecular flexibility index (Phi) is 8.69. The first-order chi connectivity index (χ1) is 23.7. The fourth-order valence-corrected chi connectivity index (χ4v) is 6.30. The molecule has 2 aromatic carbocycles. The third-order valence-electron chi connectivity index (χ3n) is 8.49. The molecule has 51 heavy (non-hydrogen) atoms. The van der Waals surface area contributed by atoms with Gasteiger partial charge in [-0.15, -0.1) is 0 Å². The predicted molar refractivity (Wildman–Crippen MR) is 164 cm³/mol. The monoisotopic (exact) mass is 717 g/mol. The molecule has 8 nitrogen and oxygen atoms in total. The van der Waals surface area contributed by atoms with Gasteiger partial charge in [0.25, 0.3) is 11.8 Å². The average Bonchev–Trinajstić information content (AvgIpc) is 3.67. The van der Waals surface area contributed by atoms with E-state index in [9.17, 15) is 41.0 Å². The molecule has 1 saturated carbocycles. The highest BCUT2D eigenvalue weighted by Gasteiger charge is 2.68. The van der Waals surface area contributed by atoms with Crippen LogP contribution >= 0.6 is 0 Å². The van der Waals surface area contributed by atoms with Crippen LogP contribution in [0.15, 0.2) is 48.5 Å². The summed E-state index contributed by atoms with van der Waals surface area (Å²) in [4.78, 5) is 30.1. The third kappa shape index (κ3) is 7.16. The van der Waals surface area contributed by atoms with Crippen molar-refractivity contribution in [1.29, 1.82) is 0 Å². The van der Waals surface area contributed by atoms with Crippen molar-refractivity contribution in [2.24, 2.45) is 11.7 Å². The molecule has 2 amide bonds. The molecule has 1 fully saturated rings. The molecule has 0 spiro atoms. The summed E-state index contributed by atoms with van der Waals surface area (Å²) in [5, 5.41) is 16.0. The zero-order chi connectivity index (χ0) is 37.2. The van der Waals surface area contributed by atoms with Gasteiger partial charge in [-0.1, -0.05) is 12.0 Å². The number of carbonyl (C=O) groups excluding carboxylic acids is 2. The maximum absolute atomic E-state index is 15.2. The highest BCUT2D eigenvalue weighted by atomic mass is 19.4. The molecule has 0 radical (unpaired) electrons. The molecule has 2 aliphatic rings. The molecule has 0 bridgehead atoms. The van der Waals surface area contributed by atoms with E-state index in [2.05, 4.69) is 27.2 Å². The number of nitrogens with two attached hydrogens (primary N) is 1. The third-order valence-corrected chi connectivity index (χ3v) is 8.49. The van der Waals surface area contributed by atoms with E-state index in [1.165, 1.54) is 32.0 Å². The molecule has 3 atom stereocenters. The van der Waals surface area contributed by atoms with Crippen molar-refractivity contribution in [1.82, 2.24) is 20.1 Å². The van der Waals surface area contributed by atoms with E-state index in [0.717, 1.165) is 24.3 Å². The summed E-state index contributed by atoms with van der Waals surface area (Å²) in [6.07, 6.45) is -5.65. The number of pyridine rings is 1. The molecule has 2 aromatic heterocycles. The van der Waals surface area contributed by atoms with E-state index < -0.39 is 100 Å². The van der Waals surface area contributed by atoms with Gasteiger partial charge in [0.05, 0.1) is 17.3 Å². The first kappa shape index (κ1) is 35.5. The molecule has 2 aliphatic carbocycles. The number of hydrogen-bond donors (Lipinski definition) is 3. The number of nitrogens with one attached hydrogen (secondary N) is 1. The van der Waals surface area contributed by atoms with Gasteiger partial charge in [0, 0.05) is 23.1 Å². The fraction of sp³-hybridized carbons (Fsp3) is 0.314. The first-order valence-corrected chi connectivity index (χ1v) is 15.4. The van der Waals surface area contributed by atoms with E-state index in [-0.39, 0.29) is 34.5 Å². The molecule has 2 heterocycles. The lowest BCUT2D eigenvalue weighted by molar-refractivity contribution is -0.142. The van der Waals surface area contributed by atoms with Gasteiger partial charge in [0.2, 0.25) is 5.91 Å². The SMILES string of the molecule is CC(C)(O)C#Cc1ccc(-c2ccc(F)c(C(N)=O)c2)c(C(Cc2cc(F)cc(F)c2)NC(=O)Cn2nc(C(F)(F)F)c3c2C(F)(F)C2CC32)n1. The summed E-state index contributed by atoms with van der Waals surface area (Å²) in [5.41, 5.74) is 0.322. The minimum Gasteiger partial charge on any atom is -0.378 e. The summed E-state index contributed by atoms with van der Waals surface area (Å²) >= 11 is 0. The number of aromatic nitrogens is 3. The van der Waals surface area contributed by atoms with Crippen LogP contribution in [-0.4, -0.2) is 37.3 Å². The Morgan fingerprint density at radius 3 is 2.39 bits per heavy atom. The normalized spacial score (nSPS) is 17.9. The zero-order valence-corrected chi connectivity index (χ0v) is 26.7. The van der Waals surface area contributed by atoms with Gasteiger partial charge in [0.1, 0.15) is 41.0 Å². The molecule has 4 aromatic rings. The zero-order valence-electron chi connectivity index (χ0n) is 26.7. The smallest absolute Gasteiger partial charge is 0.378 e. The Balaban J connectivity index is 1.46. The first-order valence-electron chi connectivity index (χ1n) is 15.4. The van der Waals surface area contributed by atoms with Gasteiger partial charge >= 0.3 is 6.18 Å². The van der Waals surface area contributed by atoms with Crippen LogP contribution in [0.4, 0.5) is 35.1 Å². The van der Waals surface area contributed by atoms with Crippen molar-refractivity contribution >= 4 is 11.8 Å². The minimum absolute atomic E-state index is 0.0105. The Morgan fingerprint density at radius 2 is 1.76 bits per heavy atom. The maximum Gasteiger partial charge on any atom is 0.435 e. The summed E-state index contributed by atoms with van der Waals surface area (Å²) < 4.78 is 115. The van der Waals surface area contributed by atoms with Gasteiger partial charge in [-0.25, -0.2) is 18.2 Å². The highest BCUT2D eigenvalue weighted by Crippen LogP contribution is 2.68. The molecule has 0 aliphatic heterocycles. The Hall–Kier alpha value is -5.30. The second-order valence-corrected chi connectivity index (χ2v) is 12.9. The van der Waals surface area contributed by atoms with Crippen molar-refractivity contribution in [3.63, 3.8) is 0 Å². The van der Waals surface area contributed by atoms with Crippen molar-refractivity contribution in [2.45, 2.75) is 62.9 Å². The second-order valence-electron chi connectivity index (χ2n) is 12.9. The standard InChI is InChI=1S/C35H27F8N5O3/c1-33(2,51)8-7-20-4-5-21(17-3-6-25(38)23(12-17)32(44)50)29(45-20)26(11-16-9-18(36)13-19(37)10-16)46-27(49)15-48-31-28(30(47-48)35(41,42)43)22-14-24(22)34(31,39)40/h3-6,9-10,12-13,22,24,26,51H,11,14-15H2,1-2H3,(H2,44,50)(H,46,49). The number of alkyl halides is 5. The molecule has 3 unspecified atom stereocenters. The van der Waals surface area contributed by atoms with Gasteiger partial charge < -0.3 is 16.2 Å². The second kappa shape index (κ2) is 12.5. The highest BCUT2D eigenvalue weighted by molar-refractivity contribution is 5.94. The van der Waals surface area contributed by atoms with Crippen LogP contribution in [0.25, 0.3) is 11.1 Å². The van der Waals surface area contributed by atoms with Gasteiger partial charge in [-0.3, -0.25) is 14.3 Å². The summed E-state index contributed by atoms with van der Waals surface area (Å²) in [6.45, 7) is 1.69. The molecule has 6 rings (SSSR count). The number of aliphatic hydroxyl groups is 1. The van der Waals surface area contributed by atoms with Gasteiger partial charge in [0.15, 0.2) is 5.69 Å². The lowest BCUT2D eigenvalue weighted by Gasteiger charge is -2.23. The number of fused-ring (bicyclic) bond motifs is 3. The molecular formula is C35H27F8N5O3. The Morgan fingerprint density at radius 1 is 1.08 bits per heavy atom. The quantitative estimate of drug-likeness (QED) is 0.155. The fourth-order valence-electron chi connectivity index (χ4n) is 6.30. The van der Waals surface area contributed by atoms with Crippen LogP contribution in [0, 0.1) is 35.2 Å². The van der Waals surface area contributed by atoms with Crippen molar-refractivity contribution < 1.29 is 49.8 Å². The number of halogens is 8. The number of benzene rings is 2. The molecule has 4 N–H and O–H groups in total. The largest absolute Gasteiger partial charge is 0.435 e. The van der Waals surface area contributed by atoms with Crippen LogP contribution in [0.1, 0.15) is 76.5 Å². The van der Waals surface area contributed by atoms with Crippen LogP contribution in [-0.2, 0) is 29.9 Å². The minimum atomic E-state index is -5.08. The van der Waals surface area contributed by atoms with Crippen LogP contribution in [0.5, 0.6) is 0 Å². The van der Waals surface area contributed by atoms with Crippen molar-refractivity contribution in [2.75, 3.05) is 0 Å². The summed E-state index contributed by atoms with van der Waals surface area (Å²) in [6, 6.07) is 7.20. The van der Waals surface area contributed by atoms with Crippen LogP contribution < -0.4 is 11.1 Å². The van der Waals surface area contributed by atoms with Crippen molar-refractivity contribution in [3.05, 3.63) is 105 Å². The molecule has 16 heteroatoms. The van der Waals surface area contributed by atoms with E-state index in [1.807, 2.05) is 0 Å². The average molecular weight is 718 g/mol. The Labute approximate surface area is 284 Å². The van der Waals surface area contributed by atoms with Gasteiger partial charge in [-0.05, 0) is 86.1 Å². The van der Waals surface area contributed by atoms with E-state index >= 15 is 8.78 Å². The lowest BCUT2D eigenvalue weighted by atomic mass is 9.94. The number of rotatable bonds is 8. The van der Waals surface area contributed by atoms with Crippen LogP contribution in [0.2, 0.25) is 0 Å².